The first kappa shape index (κ1) is 19.9. The van der Waals surface area contributed by atoms with Crippen molar-refractivity contribution < 1.29 is 23.8 Å². The van der Waals surface area contributed by atoms with Crippen molar-refractivity contribution in [2.24, 2.45) is 10.9 Å². The molecule has 26 heavy (non-hydrogen) atoms. The number of halogens is 1. The molecular weight excluding hydrogens is 360 g/mol. The van der Waals surface area contributed by atoms with E-state index in [0.717, 1.165) is 0 Å². The summed E-state index contributed by atoms with van der Waals surface area (Å²) in [6.07, 6.45) is 1.25. The molecule has 0 radical (unpaired) electrons. The molecule has 8 heteroatoms. The van der Waals surface area contributed by atoms with E-state index in [1.165, 1.54) is 12.3 Å². The summed E-state index contributed by atoms with van der Waals surface area (Å²) in [5.41, 5.74) is 1.45. The van der Waals surface area contributed by atoms with Gasteiger partial charge in [0, 0.05) is 29.0 Å². The first-order valence-electron chi connectivity index (χ1n) is 8.30. The van der Waals surface area contributed by atoms with Crippen LogP contribution in [0.15, 0.2) is 34.6 Å². The Morgan fingerprint density at radius 2 is 1.92 bits per heavy atom. The molecule has 0 aromatic carbocycles. The molecule has 2 unspecified atom stereocenters. The van der Waals surface area contributed by atoms with Gasteiger partial charge >= 0.3 is 11.9 Å². The van der Waals surface area contributed by atoms with E-state index in [9.17, 15) is 14.8 Å². The van der Waals surface area contributed by atoms with Gasteiger partial charge in [0.15, 0.2) is 6.20 Å². The molecule has 0 fully saturated rings. The third kappa shape index (κ3) is 3.72. The third-order valence-electron chi connectivity index (χ3n) is 4.13. The Hall–Kier alpha value is -2.41. The van der Waals surface area contributed by atoms with E-state index in [4.69, 9.17) is 21.1 Å². The Balaban J connectivity index is 2.70. The van der Waals surface area contributed by atoms with Gasteiger partial charge in [-0.05, 0) is 45.4 Å². The largest absolute Gasteiger partial charge is 0.618 e. The molecule has 0 spiro atoms. The Morgan fingerprint density at radius 1 is 1.27 bits per heavy atom. The van der Waals surface area contributed by atoms with Gasteiger partial charge in [-0.15, -0.1) is 0 Å². The van der Waals surface area contributed by atoms with E-state index in [-0.39, 0.29) is 23.9 Å². The number of esters is 2. The molecule has 1 aliphatic heterocycles. The van der Waals surface area contributed by atoms with Gasteiger partial charge in [-0.1, -0.05) is 0 Å². The lowest BCUT2D eigenvalue weighted by molar-refractivity contribution is -0.603. The van der Waals surface area contributed by atoms with Crippen LogP contribution in [0.25, 0.3) is 0 Å². The maximum absolute atomic E-state index is 12.6. The van der Waals surface area contributed by atoms with E-state index in [0.29, 0.717) is 21.7 Å². The fraction of sp³-hybridized carbons (Fsp3) is 0.444. The molecule has 2 heterocycles. The van der Waals surface area contributed by atoms with Crippen molar-refractivity contribution in [3.63, 3.8) is 0 Å². The predicted molar refractivity (Wildman–Crippen MR) is 95.7 cm³/mol. The second-order valence-corrected chi connectivity index (χ2v) is 6.12. The number of hydrogen-bond acceptors (Lipinski definition) is 6. The van der Waals surface area contributed by atoms with Crippen LogP contribution in [0.5, 0.6) is 0 Å². The Morgan fingerprint density at radius 3 is 2.54 bits per heavy atom. The Bertz CT molecular complexity index is 788. The number of nitrogens with zero attached hydrogens (tertiary/aromatic N) is 2. The van der Waals surface area contributed by atoms with E-state index >= 15 is 0 Å². The summed E-state index contributed by atoms with van der Waals surface area (Å²) in [7, 11) is 0. The van der Waals surface area contributed by atoms with Crippen LogP contribution in [-0.2, 0) is 19.1 Å². The summed E-state index contributed by atoms with van der Waals surface area (Å²) in [5, 5.41) is 11.8. The van der Waals surface area contributed by atoms with E-state index in [1.54, 1.807) is 33.8 Å². The predicted octanol–water partition coefficient (Wildman–Crippen LogP) is 2.55. The number of carbonyl (C=O) groups is 2. The molecule has 0 amide bonds. The van der Waals surface area contributed by atoms with Crippen molar-refractivity contribution in [3.8, 4) is 0 Å². The lowest BCUT2D eigenvalue weighted by Crippen LogP contribution is -2.38. The first-order chi connectivity index (χ1) is 12.3. The summed E-state index contributed by atoms with van der Waals surface area (Å²) < 4.78 is 10.8. The number of pyridine rings is 1. The monoisotopic (exact) mass is 380 g/mol. The van der Waals surface area contributed by atoms with Crippen LogP contribution in [0.3, 0.4) is 0 Å². The fourth-order valence-corrected chi connectivity index (χ4v) is 3.34. The van der Waals surface area contributed by atoms with Crippen molar-refractivity contribution in [2.75, 3.05) is 13.2 Å². The molecular formula is C18H21ClN2O5. The Labute approximate surface area is 156 Å². The number of carbonyl (C=O) groups excluding carboxylic acids is 2. The average molecular weight is 381 g/mol. The highest BCUT2D eigenvalue weighted by Gasteiger charge is 2.44. The minimum Gasteiger partial charge on any atom is -0.618 e. The van der Waals surface area contributed by atoms with Crippen LogP contribution in [0.2, 0.25) is 5.15 Å². The maximum atomic E-state index is 12.6. The SMILES string of the molecule is CCOC(=O)C1=C(C)N=C(C)C(C(=O)OCC)C1c1ccc[n+]([O-])c1Cl. The minimum absolute atomic E-state index is 0.115. The van der Waals surface area contributed by atoms with E-state index in [1.807, 2.05) is 0 Å². The molecule has 0 saturated heterocycles. The van der Waals surface area contributed by atoms with Gasteiger partial charge < -0.3 is 14.7 Å². The zero-order valence-electron chi connectivity index (χ0n) is 15.1. The van der Waals surface area contributed by atoms with Gasteiger partial charge in [-0.25, -0.2) is 4.79 Å². The van der Waals surface area contributed by atoms with Crippen LogP contribution in [0, 0.1) is 11.1 Å². The summed E-state index contributed by atoms with van der Waals surface area (Å²) in [6.45, 7) is 7.06. The highest BCUT2D eigenvalue weighted by atomic mass is 35.5. The van der Waals surface area contributed by atoms with Gasteiger partial charge in [0.1, 0.15) is 5.92 Å². The van der Waals surface area contributed by atoms with Crippen molar-refractivity contribution >= 4 is 29.3 Å². The van der Waals surface area contributed by atoms with Gasteiger partial charge in [0.25, 0.3) is 5.15 Å². The van der Waals surface area contributed by atoms with Crippen LogP contribution in [-0.4, -0.2) is 30.9 Å². The molecule has 140 valence electrons. The van der Waals surface area contributed by atoms with Crippen molar-refractivity contribution in [2.45, 2.75) is 33.6 Å². The molecule has 0 bridgehead atoms. The van der Waals surface area contributed by atoms with Crippen LogP contribution >= 0.6 is 11.6 Å². The van der Waals surface area contributed by atoms with E-state index in [2.05, 4.69) is 4.99 Å². The van der Waals surface area contributed by atoms with Crippen molar-refractivity contribution in [1.82, 2.24) is 0 Å². The lowest BCUT2D eigenvalue weighted by atomic mass is 9.76. The zero-order chi connectivity index (χ0) is 19.4. The van der Waals surface area contributed by atoms with Crippen molar-refractivity contribution in [3.05, 3.63) is 45.5 Å². The summed E-state index contributed by atoms with van der Waals surface area (Å²) >= 11 is 6.20. The summed E-state index contributed by atoms with van der Waals surface area (Å²) in [6, 6.07) is 3.12. The van der Waals surface area contributed by atoms with Gasteiger partial charge in [0.05, 0.1) is 18.8 Å². The maximum Gasteiger partial charge on any atom is 0.336 e. The molecule has 2 atom stereocenters. The second-order valence-electron chi connectivity index (χ2n) is 5.76. The smallest absolute Gasteiger partial charge is 0.336 e. The molecule has 2 rings (SSSR count). The number of aliphatic imine (C=N–C) groups is 1. The second kappa shape index (κ2) is 8.31. The van der Waals surface area contributed by atoms with Gasteiger partial charge in [-0.2, -0.15) is 4.73 Å². The van der Waals surface area contributed by atoms with Gasteiger partial charge in [0.2, 0.25) is 0 Å². The first-order valence-corrected chi connectivity index (χ1v) is 8.68. The third-order valence-corrected chi connectivity index (χ3v) is 4.51. The standard InChI is InChI=1S/C18H21ClN2O5/c1-5-25-17(22)13-10(3)20-11(4)14(18(23)26-6-2)15(13)12-8-7-9-21(24)16(12)19/h7-9,13,15H,5-6H2,1-4H3. The number of aromatic nitrogens is 1. The molecule has 7 nitrogen and oxygen atoms in total. The number of allylic oxidation sites excluding steroid dienone is 1. The van der Waals surface area contributed by atoms with Crippen molar-refractivity contribution in [1.29, 1.82) is 0 Å². The number of rotatable bonds is 5. The molecule has 1 aromatic heterocycles. The minimum atomic E-state index is -0.877. The van der Waals surface area contributed by atoms with Crippen LogP contribution < -0.4 is 4.73 Å². The van der Waals surface area contributed by atoms with Crippen LogP contribution in [0.4, 0.5) is 0 Å². The highest BCUT2D eigenvalue weighted by Crippen LogP contribution is 2.41. The van der Waals surface area contributed by atoms with Gasteiger partial charge in [-0.3, -0.25) is 9.79 Å². The molecule has 0 aliphatic carbocycles. The quantitative estimate of drug-likeness (QED) is 0.339. The Kier molecular flexibility index (Phi) is 6.37. The molecule has 0 saturated carbocycles. The normalized spacial score (nSPS) is 19.8. The number of hydrogen-bond donors (Lipinski definition) is 0. The highest BCUT2D eigenvalue weighted by molar-refractivity contribution is 6.29. The fourth-order valence-electron chi connectivity index (χ4n) is 3.10. The van der Waals surface area contributed by atoms with E-state index < -0.39 is 23.8 Å². The number of ether oxygens (including phenoxy) is 2. The summed E-state index contributed by atoms with van der Waals surface area (Å²) in [5.74, 6) is -2.83. The molecule has 1 aromatic rings. The topological polar surface area (TPSA) is 91.9 Å². The summed E-state index contributed by atoms with van der Waals surface area (Å²) in [4.78, 5) is 29.6. The average Bonchev–Trinajstić information content (AvgIpc) is 2.57. The molecule has 0 N–H and O–H groups in total. The molecule has 1 aliphatic rings. The zero-order valence-corrected chi connectivity index (χ0v) is 15.9. The van der Waals surface area contributed by atoms with Crippen LogP contribution in [0.1, 0.15) is 39.2 Å². The lowest BCUT2D eigenvalue weighted by Gasteiger charge is -2.31.